The summed E-state index contributed by atoms with van der Waals surface area (Å²) in [4.78, 5) is 11.9. The number of benzene rings is 2. The number of ketones is 1. The molecule has 0 heterocycles. The third-order valence-corrected chi connectivity index (χ3v) is 3.14. The maximum atomic E-state index is 11.9. The van der Waals surface area contributed by atoms with Gasteiger partial charge in [0, 0.05) is 28.0 Å². The molecule has 0 amide bonds. The summed E-state index contributed by atoms with van der Waals surface area (Å²) in [5.41, 5.74) is 2.77. The molecule has 0 aliphatic rings. The number of allylic oxidation sites excluding steroid dienone is 1. The van der Waals surface area contributed by atoms with Crippen LogP contribution >= 0.6 is 15.9 Å². The van der Waals surface area contributed by atoms with Crippen molar-refractivity contribution in [3.05, 3.63) is 76.4 Å². The molecular formula is C16H14BrNO. The molecule has 2 rings (SSSR count). The van der Waals surface area contributed by atoms with Crippen LogP contribution in [0.25, 0.3) is 0 Å². The molecule has 2 nitrogen and oxygen atoms in total. The van der Waals surface area contributed by atoms with Gasteiger partial charge in [0.15, 0.2) is 5.78 Å². The predicted molar refractivity (Wildman–Crippen MR) is 82.4 cm³/mol. The molecule has 0 saturated carbocycles. The molecule has 0 aliphatic carbocycles. The second-order valence-corrected chi connectivity index (χ2v) is 5.13. The Hall–Kier alpha value is -1.87. The smallest absolute Gasteiger partial charge is 0.187 e. The summed E-state index contributed by atoms with van der Waals surface area (Å²) in [7, 11) is 0. The molecule has 0 atom stereocenters. The minimum atomic E-state index is -0.0116. The van der Waals surface area contributed by atoms with Crippen LogP contribution in [0.1, 0.15) is 15.9 Å². The van der Waals surface area contributed by atoms with Gasteiger partial charge in [-0.1, -0.05) is 51.8 Å². The summed E-state index contributed by atoms with van der Waals surface area (Å²) in [5.74, 6) is -0.0116. The zero-order chi connectivity index (χ0) is 13.7. The molecule has 19 heavy (non-hydrogen) atoms. The van der Waals surface area contributed by atoms with E-state index in [0.29, 0.717) is 5.56 Å². The summed E-state index contributed by atoms with van der Waals surface area (Å²) in [6.07, 6.45) is 3.19. The fraction of sp³-hybridized carbons (Fsp3) is 0.0625. The number of hydrogen-bond acceptors (Lipinski definition) is 2. The summed E-state index contributed by atoms with van der Waals surface area (Å²) in [6.45, 7) is 2.00. The average molecular weight is 316 g/mol. The number of carbonyl (C=O) groups is 1. The fourth-order valence-corrected chi connectivity index (χ4v) is 2.01. The lowest BCUT2D eigenvalue weighted by Gasteiger charge is -2.01. The lowest BCUT2D eigenvalue weighted by Crippen LogP contribution is -1.96. The number of hydrogen-bond donors (Lipinski definition) is 1. The van der Waals surface area contributed by atoms with Gasteiger partial charge in [0.1, 0.15) is 0 Å². The highest BCUT2D eigenvalue weighted by atomic mass is 79.9. The van der Waals surface area contributed by atoms with E-state index in [-0.39, 0.29) is 5.78 Å². The monoisotopic (exact) mass is 315 g/mol. The van der Waals surface area contributed by atoms with Crippen LogP contribution in [-0.2, 0) is 0 Å². The van der Waals surface area contributed by atoms with E-state index < -0.39 is 0 Å². The van der Waals surface area contributed by atoms with Crippen molar-refractivity contribution in [3.63, 3.8) is 0 Å². The van der Waals surface area contributed by atoms with E-state index >= 15 is 0 Å². The Balaban J connectivity index is 1.99. The fourth-order valence-electron chi connectivity index (χ4n) is 1.61. The van der Waals surface area contributed by atoms with Crippen LogP contribution < -0.4 is 5.32 Å². The van der Waals surface area contributed by atoms with Crippen LogP contribution in [0.5, 0.6) is 0 Å². The molecule has 0 spiro atoms. The molecule has 0 radical (unpaired) electrons. The Bertz CT molecular complexity index is 602. The van der Waals surface area contributed by atoms with E-state index in [1.807, 2.05) is 55.5 Å². The van der Waals surface area contributed by atoms with Crippen LogP contribution in [0.3, 0.4) is 0 Å². The van der Waals surface area contributed by atoms with Gasteiger partial charge in [-0.15, -0.1) is 0 Å². The van der Waals surface area contributed by atoms with Crippen molar-refractivity contribution in [3.8, 4) is 0 Å². The normalized spacial score (nSPS) is 10.6. The number of carbonyl (C=O) groups excluding carboxylic acids is 1. The zero-order valence-electron chi connectivity index (χ0n) is 10.6. The van der Waals surface area contributed by atoms with Gasteiger partial charge in [-0.2, -0.15) is 0 Å². The Morgan fingerprint density at radius 2 is 1.89 bits per heavy atom. The molecule has 0 bridgehead atoms. The largest absolute Gasteiger partial charge is 0.362 e. The minimum Gasteiger partial charge on any atom is -0.362 e. The van der Waals surface area contributed by atoms with Crippen LogP contribution in [0.2, 0.25) is 0 Å². The second-order valence-electron chi connectivity index (χ2n) is 4.22. The predicted octanol–water partition coefficient (Wildman–Crippen LogP) is 4.57. The number of aryl methyl sites for hydroxylation is 1. The third-order valence-electron chi connectivity index (χ3n) is 2.65. The first-order chi connectivity index (χ1) is 9.15. The van der Waals surface area contributed by atoms with Crippen molar-refractivity contribution in [2.45, 2.75) is 6.92 Å². The first kappa shape index (κ1) is 13.6. The highest BCUT2D eigenvalue weighted by Gasteiger charge is 2.00. The molecule has 0 aliphatic heterocycles. The van der Waals surface area contributed by atoms with Crippen molar-refractivity contribution in [1.29, 1.82) is 0 Å². The third kappa shape index (κ3) is 4.07. The van der Waals surface area contributed by atoms with Crippen molar-refractivity contribution >= 4 is 27.4 Å². The lowest BCUT2D eigenvalue weighted by molar-refractivity contribution is 0.104. The van der Waals surface area contributed by atoms with E-state index in [4.69, 9.17) is 0 Å². The molecule has 96 valence electrons. The highest BCUT2D eigenvalue weighted by molar-refractivity contribution is 9.10. The summed E-state index contributed by atoms with van der Waals surface area (Å²) < 4.78 is 0.996. The number of nitrogens with one attached hydrogen (secondary N) is 1. The highest BCUT2D eigenvalue weighted by Crippen LogP contribution is 2.15. The van der Waals surface area contributed by atoms with Crippen LogP contribution in [0.4, 0.5) is 5.69 Å². The van der Waals surface area contributed by atoms with Gasteiger partial charge >= 0.3 is 0 Å². The van der Waals surface area contributed by atoms with Gasteiger partial charge in [0.25, 0.3) is 0 Å². The van der Waals surface area contributed by atoms with E-state index in [9.17, 15) is 4.79 Å². The Labute approximate surface area is 121 Å². The van der Waals surface area contributed by atoms with Crippen molar-refractivity contribution < 1.29 is 4.79 Å². The molecule has 0 saturated heterocycles. The average Bonchev–Trinajstić information content (AvgIpc) is 2.39. The van der Waals surface area contributed by atoms with Crippen LogP contribution in [-0.4, -0.2) is 5.78 Å². The summed E-state index contributed by atoms with van der Waals surface area (Å²) >= 11 is 3.40. The topological polar surface area (TPSA) is 29.1 Å². The van der Waals surface area contributed by atoms with Crippen LogP contribution in [0.15, 0.2) is 65.3 Å². The minimum absolute atomic E-state index is 0.0116. The van der Waals surface area contributed by atoms with Gasteiger partial charge in [-0.05, 0) is 25.1 Å². The van der Waals surface area contributed by atoms with Gasteiger partial charge in [-0.25, -0.2) is 0 Å². The zero-order valence-corrected chi connectivity index (χ0v) is 12.1. The molecule has 0 fully saturated rings. The quantitative estimate of drug-likeness (QED) is 0.661. The van der Waals surface area contributed by atoms with Crippen molar-refractivity contribution in [2.75, 3.05) is 5.32 Å². The summed E-state index contributed by atoms with van der Waals surface area (Å²) in [5, 5.41) is 3.07. The molecule has 0 aromatic heterocycles. The molecule has 2 aromatic carbocycles. The Morgan fingerprint density at radius 1 is 1.16 bits per heavy atom. The maximum absolute atomic E-state index is 11.9. The number of halogens is 1. The molecule has 0 unspecified atom stereocenters. The lowest BCUT2D eigenvalue weighted by atomic mass is 10.1. The molecule has 2 aromatic rings. The number of anilines is 1. The van der Waals surface area contributed by atoms with Crippen molar-refractivity contribution in [2.24, 2.45) is 0 Å². The van der Waals surface area contributed by atoms with Gasteiger partial charge in [0.05, 0.1) is 0 Å². The SMILES string of the molecule is Cc1ccc(C(=O)C=CNc2cccc(Br)c2)cc1. The maximum Gasteiger partial charge on any atom is 0.187 e. The number of rotatable bonds is 4. The van der Waals surface area contributed by atoms with Crippen LogP contribution in [0, 0.1) is 6.92 Å². The Morgan fingerprint density at radius 3 is 2.58 bits per heavy atom. The standard InChI is InChI=1S/C16H14BrNO/c1-12-5-7-13(8-6-12)16(19)9-10-18-15-4-2-3-14(17)11-15/h2-11,18H,1H3. The van der Waals surface area contributed by atoms with Gasteiger partial charge < -0.3 is 5.32 Å². The van der Waals surface area contributed by atoms with Crippen molar-refractivity contribution in [1.82, 2.24) is 0 Å². The Kier molecular flexibility index (Phi) is 4.53. The summed E-state index contributed by atoms with van der Waals surface area (Å²) in [6, 6.07) is 15.3. The van der Waals surface area contributed by atoms with E-state index in [2.05, 4.69) is 21.2 Å². The first-order valence-electron chi connectivity index (χ1n) is 5.95. The first-order valence-corrected chi connectivity index (χ1v) is 6.74. The van der Waals surface area contributed by atoms with Gasteiger partial charge in [0.2, 0.25) is 0 Å². The molecule has 1 N–H and O–H groups in total. The molecular weight excluding hydrogens is 302 g/mol. The van der Waals surface area contributed by atoms with E-state index in [1.165, 1.54) is 6.08 Å². The van der Waals surface area contributed by atoms with E-state index in [1.54, 1.807) is 6.20 Å². The van der Waals surface area contributed by atoms with Gasteiger partial charge in [-0.3, -0.25) is 4.79 Å². The molecule has 3 heteroatoms. The van der Waals surface area contributed by atoms with E-state index in [0.717, 1.165) is 15.7 Å². The second kappa shape index (κ2) is 6.34.